The van der Waals surface area contributed by atoms with Crippen LogP contribution in [0.3, 0.4) is 0 Å². The van der Waals surface area contributed by atoms with E-state index in [1.165, 1.54) is 7.11 Å². The van der Waals surface area contributed by atoms with E-state index in [0.29, 0.717) is 0 Å². The van der Waals surface area contributed by atoms with Gasteiger partial charge in [-0.15, -0.1) is 0 Å². The van der Waals surface area contributed by atoms with Crippen molar-refractivity contribution in [1.82, 2.24) is 5.32 Å². The van der Waals surface area contributed by atoms with Crippen LogP contribution in [-0.4, -0.2) is 20.1 Å². The van der Waals surface area contributed by atoms with Gasteiger partial charge in [0.2, 0.25) is 0 Å². The highest BCUT2D eigenvalue weighted by atomic mass is 16.5. The Kier molecular flexibility index (Phi) is 3.46. The van der Waals surface area contributed by atoms with Crippen molar-refractivity contribution >= 4 is 5.97 Å². The number of methoxy groups -OCH3 is 1. The van der Waals surface area contributed by atoms with Crippen molar-refractivity contribution in [2.45, 2.75) is 6.04 Å². The molecule has 0 aliphatic heterocycles. The molecule has 0 fully saturated rings. The first-order valence-corrected chi connectivity index (χ1v) is 4.09. The molecule has 0 spiro atoms. The molecular formula is C10H13NO2. The maximum Gasteiger partial charge on any atom is 0.327 e. The summed E-state index contributed by atoms with van der Waals surface area (Å²) < 4.78 is 4.66. The normalized spacial score (nSPS) is 12.2. The number of hydrogen-bond acceptors (Lipinski definition) is 3. The Hall–Kier alpha value is -1.35. The van der Waals surface area contributed by atoms with Crippen molar-refractivity contribution in [2.75, 3.05) is 14.2 Å². The molecular weight excluding hydrogens is 166 g/mol. The Morgan fingerprint density at radius 2 is 2.00 bits per heavy atom. The summed E-state index contributed by atoms with van der Waals surface area (Å²) in [5, 5.41) is 2.89. The summed E-state index contributed by atoms with van der Waals surface area (Å²) in [5.41, 5.74) is 0.914. The third-order valence-electron chi connectivity index (χ3n) is 1.86. The fourth-order valence-corrected chi connectivity index (χ4v) is 1.18. The Balaban J connectivity index is 2.85. The number of likely N-dealkylation sites (N-methyl/N-ethyl adjacent to an activating group) is 1. The topological polar surface area (TPSA) is 38.3 Å². The van der Waals surface area contributed by atoms with Crippen LogP contribution in [0.2, 0.25) is 0 Å². The van der Waals surface area contributed by atoms with Crippen LogP contribution < -0.4 is 5.32 Å². The Morgan fingerprint density at radius 1 is 1.38 bits per heavy atom. The van der Waals surface area contributed by atoms with Crippen LogP contribution in [0.25, 0.3) is 0 Å². The first kappa shape index (κ1) is 9.74. The van der Waals surface area contributed by atoms with E-state index in [1.54, 1.807) is 7.05 Å². The molecule has 0 radical (unpaired) electrons. The van der Waals surface area contributed by atoms with Crippen molar-refractivity contribution in [3.8, 4) is 0 Å². The minimum absolute atomic E-state index is 0.270. The second kappa shape index (κ2) is 4.62. The quantitative estimate of drug-likeness (QED) is 0.707. The average Bonchev–Trinajstić information content (AvgIpc) is 2.20. The lowest BCUT2D eigenvalue weighted by molar-refractivity contribution is -0.143. The van der Waals surface area contributed by atoms with Crippen molar-refractivity contribution in [3.63, 3.8) is 0 Å². The second-order valence-electron chi connectivity index (χ2n) is 2.66. The lowest BCUT2D eigenvalue weighted by Crippen LogP contribution is -2.26. The molecule has 1 atom stereocenters. The van der Waals surface area contributed by atoms with Gasteiger partial charge < -0.3 is 10.1 Å². The van der Waals surface area contributed by atoms with Crippen molar-refractivity contribution in [2.24, 2.45) is 0 Å². The van der Waals surface area contributed by atoms with Gasteiger partial charge >= 0.3 is 5.97 Å². The van der Waals surface area contributed by atoms with Crippen molar-refractivity contribution in [3.05, 3.63) is 35.9 Å². The number of carbonyl (C=O) groups is 1. The van der Waals surface area contributed by atoms with Crippen LogP contribution in [-0.2, 0) is 9.53 Å². The molecule has 1 N–H and O–H groups in total. The first-order chi connectivity index (χ1) is 6.29. The van der Waals surface area contributed by atoms with E-state index >= 15 is 0 Å². The Labute approximate surface area is 77.7 Å². The van der Waals surface area contributed by atoms with E-state index in [1.807, 2.05) is 30.3 Å². The fourth-order valence-electron chi connectivity index (χ4n) is 1.18. The van der Waals surface area contributed by atoms with Crippen LogP contribution in [0, 0.1) is 0 Å². The molecule has 0 aliphatic rings. The monoisotopic (exact) mass is 179 g/mol. The zero-order chi connectivity index (χ0) is 9.68. The summed E-state index contributed by atoms with van der Waals surface area (Å²) in [6.45, 7) is 0. The molecule has 3 nitrogen and oxygen atoms in total. The number of benzene rings is 1. The summed E-state index contributed by atoms with van der Waals surface area (Å²) in [5.74, 6) is -0.270. The number of ether oxygens (including phenoxy) is 1. The number of carbonyl (C=O) groups excluding carboxylic acids is 1. The Morgan fingerprint density at radius 3 is 2.46 bits per heavy atom. The maximum absolute atomic E-state index is 11.3. The van der Waals surface area contributed by atoms with Gasteiger partial charge in [-0.3, -0.25) is 0 Å². The molecule has 0 saturated heterocycles. The zero-order valence-corrected chi connectivity index (χ0v) is 7.78. The smallest absolute Gasteiger partial charge is 0.327 e. The van der Waals surface area contributed by atoms with Crippen LogP contribution >= 0.6 is 0 Å². The standard InChI is InChI=1S/C10H13NO2/c1-11-9(10(12)13-2)8-6-4-3-5-7-8/h3-7,9,11H,1-2H3/t9-/m0/s1. The molecule has 0 heterocycles. The van der Waals surface area contributed by atoms with Crippen molar-refractivity contribution in [1.29, 1.82) is 0 Å². The minimum Gasteiger partial charge on any atom is -0.468 e. The van der Waals surface area contributed by atoms with Gasteiger partial charge in [0, 0.05) is 0 Å². The predicted molar refractivity (Wildman–Crippen MR) is 50.3 cm³/mol. The van der Waals surface area contributed by atoms with E-state index < -0.39 is 0 Å². The van der Waals surface area contributed by atoms with Crippen molar-refractivity contribution < 1.29 is 9.53 Å². The first-order valence-electron chi connectivity index (χ1n) is 4.09. The molecule has 0 aliphatic carbocycles. The van der Waals surface area contributed by atoms with E-state index in [4.69, 9.17) is 0 Å². The van der Waals surface area contributed by atoms with Gasteiger partial charge in [-0.25, -0.2) is 4.79 Å². The summed E-state index contributed by atoms with van der Waals surface area (Å²) in [7, 11) is 3.12. The molecule has 0 saturated carbocycles. The Bertz CT molecular complexity index is 272. The molecule has 0 bridgehead atoms. The number of esters is 1. The molecule has 1 rings (SSSR count). The van der Waals surface area contributed by atoms with Gasteiger partial charge in [0.15, 0.2) is 0 Å². The highest BCUT2D eigenvalue weighted by Crippen LogP contribution is 2.12. The van der Waals surface area contributed by atoms with E-state index in [9.17, 15) is 4.79 Å². The summed E-state index contributed by atoms with van der Waals surface area (Å²) in [4.78, 5) is 11.3. The van der Waals surface area contributed by atoms with Gasteiger partial charge in [-0.1, -0.05) is 30.3 Å². The summed E-state index contributed by atoms with van der Waals surface area (Å²) in [6.07, 6.45) is 0. The second-order valence-corrected chi connectivity index (χ2v) is 2.66. The third kappa shape index (κ3) is 2.29. The highest BCUT2D eigenvalue weighted by Gasteiger charge is 2.17. The SMILES string of the molecule is CN[C@H](C(=O)OC)c1ccccc1. The van der Waals surface area contributed by atoms with Gasteiger partial charge in [0.05, 0.1) is 7.11 Å². The van der Waals surface area contributed by atoms with Gasteiger partial charge in [-0.05, 0) is 12.6 Å². The summed E-state index contributed by atoms with van der Waals surface area (Å²) in [6, 6.07) is 9.10. The predicted octanol–water partition coefficient (Wildman–Crippen LogP) is 1.12. The largest absolute Gasteiger partial charge is 0.468 e. The molecule has 1 aromatic carbocycles. The van der Waals surface area contributed by atoms with Crippen LogP contribution in [0.15, 0.2) is 30.3 Å². The van der Waals surface area contributed by atoms with Crippen LogP contribution in [0.5, 0.6) is 0 Å². The maximum atomic E-state index is 11.3. The number of rotatable bonds is 3. The van der Waals surface area contributed by atoms with E-state index in [0.717, 1.165) is 5.56 Å². The van der Waals surface area contributed by atoms with Gasteiger partial charge in [0.25, 0.3) is 0 Å². The molecule has 70 valence electrons. The number of hydrogen-bond donors (Lipinski definition) is 1. The molecule has 3 heteroatoms. The lowest BCUT2D eigenvalue weighted by atomic mass is 10.1. The minimum atomic E-state index is -0.369. The molecule has 1 aromatic rings. The number of nitrogens with one attached hydrogen (secondary N) is 1. The molecule has 13 heavy (non-hydrogen) atoms. The average molecular weight is 179 g/mol. The molecule has 0 amide bonds. The van der Waals surface area contributed by atoms with Gasteiger partial charge in [0.1, 0.15) is 6.04 Å². The fraction of sp³-hybridized carbons (Fsp3) is 0.300. The van der Waals surface area contributed by atoms with Crippen LogP contribution in [0.4, 0.5) is 0 Å². The highest BCUT2D eigenvalue weighted by molar-refractivity contribution is 5.77. The van der Waals surface area contributed by atoms with Gasteiger partial charge in [-0.2, -0.15) is 0 Å². The summed E-state index contributed by atoms with van der Waals surface area (Å²) >= 11 is 0. The van der Waals surface area contributed by atoms with E-state index in [-0.39, 0.29) is 12.0 Å². The lowest BCUT2D eigenvalue weighted by Gasteiger charge is -2.13. The third-order valence-corrected chi connectivity index (χ3v) is 1.86. The van der Waals surface area contributed by atoms with E-state index in [2.05, 4.69) is 10.1 Å². The molecule has 0 aromatic heterocycles. The molecule has 0 unspecified atom stereocenters. The zero-order valence-electron chi connectivity index (χ0n) is 7.78. The van der Waals surface area contributed by atoms with Crippen LogP contribution in [0.1, 0.15) is 11.6 Å².